The number of nitrogens with one attached hydrogen (secondary N) is 1. The predicted molar refractivity (Wildman–Crippen MR) is 84.6 cm³/mol. The fourth-order valence-corrected chi connectivity index (χ4v) is 3.72. The number of morpholine rings is 1. The molecule has 1 fully saturated rings. The molecule has 126 valence electrons. The van der Waals surface area contributed by atoms with Crippen LogP contribution in [0.15, 0.2) is 23.1 Å². The van der Waals surface area contributed by atoms with Gasteiger partial charge in [0.2, 0.25) is 10.0 Å². The Balaban J connectivity index is 1.79. The fraction of sp³-hybridized carbons (Fsp3) is 0.533. The van der Waals surface area contributed by atoms with Crippen molar-refractivity contribution < 1.29 is 17.9 Å². The number of fused-ring (bicyclic) bond motifs is 1. The molecule has 0 unspecified atom stereocenters. The topological polar surface area (TPSA) is 79.0 Å². The van der Waals surface area contributed by atoms with E-state index >= 15 is 0 Å². The van der Waals surface area contributed by atoms with Crippen LogP contribution in [-0.4, -0.2) is 64.1 Å². The fourth-order valence-electron chi connectivity index (χ4n) is 2.94. The van der Waals surface area contributed by atoms with Crippen LogP contribution in [0.1, 0.15) is 11.1 Å². The zero-order valence-electron chi connectivity index (χ0n) is 13.1. The third-order valence-electron chi connectivity index (χ3n) is 4.32. The van der Waals surface area contributed by atoms with E-state index in [4.69, 9.17) is 4.74 Å². The highest BCUT2D eigenvalue weighted by atomic mass is 32.2. The monoisotopic (exact) mass is 339 g/mol. The Bertz CT molecular complexity index is 699. The molecule has 0 bridgehead atoms. The van der Waals surface area contributed by atoms with Crippen LogP contribution in [-0.2, 0) is 27.7 Å². The number of urea groups is 1. The summed E-state index contributed by atoms with van der Waals surface area (Å²) in [6.07, 6.45) is 0.741. The minimum atomic E-state index is -3.47. The number of rotatable bonds is 2. The van der Waals surface area contributed by atoms with Crippen molar-refractivity contribution in [2.45, 2.75) is 17.9 Å². The van der Waals surface area contributed by atoms with Gasteiger partial charge in [0, 0.05) is 26.2 Å². The Kier molecular flexibility index (Phi) is 4.56. The summed E-state index contributed by atoms with van der Waals surface area (Å²) < 4.78 is 31.5. The molecule has 1 N–H and O–H groups in total. The quantitative estimate of drug-likeness (QED) is 0.846. The maximum Gasteiger partial charge on any atom is 0.320 e. The summed E-state index contributed by atoms with van der Waals surface area (Å²) in [4.78, 5) is 16.4. The lowest BCUT2D eigenvalue weighted by Gasteiger charge is -2.35. The van der Waals surface area contributed by atoms with Crippen LogP contribution >= 0.6 is 0 Å². The van der Waals surface area contributed by atoms with E-state index in [9.17, 15) is 13.2 Å². The summed E-state index contributed by atoms with van der Waals surface area (Å²) in [5, 5.41) is 0. The van der Waals surface area contributed by atoms with E-state index in [-0.39, 0.29) is 10.9 Å². The van der Waals surface area contributed by atoms with Crippen molar-refractivity contribution in [3.05, 3.63) is 29.3 Å². The molecular formula is C15H21N3O4S. The highest BCUT2D eigenvalue weighted by Gasteiger charge is 2.27. The van der Waals surface area contributed by atoms with E-state index in [1.807, 2.05) is 6.07 Å². The first kappa shape index (κ1) is 16.2. The minimum Gasteiger partial charge on any atom is -0.378 e. The molecule has 8 heteroatoms. The average molecular weight is 339 g/mol. The van der Waals surface area contributed by atoms with Crippen molar-refractivity contribution in [1.29, 1.82) is 0 Å². The largest absolute Gasteiger partial charge is 0.378 e. The van der Waals surface area contributed by atoms with Crippen molar-refractivity contribution in [3.63, 3.8) is 0 Å². The van der Waals surface area contributed by atoms with Crippen LogP contribution in [0, 0.1) is 0 Å². The second kappa shape index (κ2) is 6.46. The van der Waals surface area contributed by atoms with Gasteiger partial charge in [-0.3, -0.25) is 0 Å². The zero-order valence-corrected chi connectivity index (χ0v) is 13.9. The van der Waals surface area contributed by atoms with Crippen LogP contribution in [0.2, 0.25) is 0 Å². The van der Waals surface area contributed by atoms with Gasteiger partial charge in [-0.05, 0) is 36.7 Å². The average Bonchev–Trinajstić information content (AvgIpc) is 2.60. The summed E-state index contributed by atoms with van der Waals surface area (Å²) in [6.45, 7) is 3.45. The number of amides is 2. The van der Waals surface area contributed by atoms with Gasteiger partial charge in [0.1, 0.15) is 0 Å². The van der Waals surface area contributed by atoms with E-state index in [2.05, 4.69) is 4.72 Å². The molecule has 0 spiro atoms. The number of carbonyl (C=O) groups is 1. The Morgan fingerprint density at radius 2 is 1.87 bits per heavy atom. The first-order chi connectivity index (χ1) is 11.0. The van der Waals surface area contributed by atoms with Crippen LogP contribution in [0.3, 0.4) is 0 Å². The smallest absolute Gasteiger partial charge is 0.320 e. The van der Waals surface area contributed by atoms with Crippen molar-refractivity contribution in [2.75, 3.05) is 39.9 Å². The lowest BCUT2D eigenvalue weighted by Crippen LogP contribution is -2.49. The molecule has 2 heterocycles. The van der Waals surface area contributed by atoms with Crippen molar-refractivity contribution in [3.8, 4) is 0 Å². The highest BCUT2D eigenvalue weighted by Crippen LogP contribution is 2.23. The number of carbonyl (C=O) groups excluding carboxylic acids is 1. The molecule has 2 amide bonds. The second-order valence-corrected chi connectivity index (χ2v) is 7.58. The summed E-state index contributed by atoms with van der Waals surface area (Å²) in [7, 11) is -2.08. The first-order valence-corrected chi connectivity index (χ1v) is 9.16. The molecule has 1 aromatic carbocycles. The van der Waals surface area contributed by atoms with Gasteiger partial charge in [0.25, 0.3) is 0 Å². The number of sulfonamides is 1. The maximum absolute atomic E-state index is 12.6. The minimum absolute atomic E-state index is 0.000765. The van der Waals surface area contributed by atoms with Gasteiger partial charge in [0.05, 0.1) is 18.1 Å². The van der Waals surface area contributed by atoms with E-state index < -0.39 is 10.0 Å². The molecule has 1 aromatic rings. The van der Waals surface area contributed by atoms with Crippen LogP contribution in [0.5, 0.6) is 0 Å². The van der Waals surface area contributed by atoms with Gasteiger partial charge < -0.3 is 14.5 Å². The maximum atomic E-state index is 12.6. The van der Waals surface area contributed by atoms with Crippen molar-refractivity contribution in [2.24, 2.45) is 0 Å². The van der Waals surface area contributed by atoms with E-state index in [0.29, 0.717) is 39.4 Å². The lowest BCUT2D eigenvalue weighted by molar-refractivity contribution is 0.0421. The standard InChI is InChI=1S/C15H21N3O4S/c1-16-23(20,21)14-3-2-12-4-5-18(11-13(12)10-14)15(19)17-6-8-22-9-7-17/h2-3,10,16H,4-9,11H2,1H3. The molecule has 23 heavy (non-hydrogen) atoms. The van der Waals surface area contributed by atoms with E-state index in [1.165, 1.54) is 7.05 Å². The molecule has 0 aliphatic carbocycles. The molecule has 3 rings (SSSR count). The molecular weight excluding hydrogens is 318 g/mol. The zero-order chi connectivity index (χ0) is 16.4. The lowest BCUT2D eigenvalue weighted by atomic mass is 10.00. The normalized spacial score (nSPS) is 18.7. The van der Waals surface area contributed by atoms with Gasteiger partial charge in [-0.25, -0.2) is 17.9 Å². The number of hydrogen-bond acceptors (Lipinski definition) is 4. The van der Waals surface area contributed by atoms with Gasteiger partial charge in [-0.1, -0.05) is 6.07 Å². The number of nitrogens with zero attached hydrogens (tertiary/aromatic N) is 2. The van der Waals surface area contributed by atoms with Gasteiger partial charge in [-0.2, -0.15) is 0 Å². The predicted octanol–water partition coefficient (Wildman–Crippen LogP) is 0.405. The number of hydrogen-bond donors (Lipinski definition) is 1. The first-order valence-electron chi connectivity index (χ1n) is 7.68. The molecule has 1 saturated heterocycles. The molecule has 0 radical (unpaired) electrons. The molecule has 0 saturated carbocycles. The third-order valence-corrected chi connectivity index (χ3v) is 5.73. The second-order valence-electron chi connectivity index (χ2n) is 5.69. The van der Waals surface area contributed by atoms with Crippen molar-refractivity contribution >= 4 is 16.1 Å². The van der Waals surface area contributed by atoms with E-state index in [1.54, 1.807) is 21.9 Å². The highest BCUT2D eigenvalue weighted by molar-refractivity contribution is 7.89. The van der Waals surface area contributed by atoms with Gasteiger partial charge in [-0.15, -0.1) is 0 Å². The summed E-state index contributed by atoms with van der Waals surface area (Å²) in [5.41, 5.74) is 2.00. The summed E-state index contributed by atoms with van der Waals surface area (Å²) in [6, 6.07) is 5.13. The Hall–Kier alpha value is -1.64. The molecule has 0 atom stereocenters. The van der Waals surface area contributed by atoms with E-state index in [0.717, 1.165) is 17.5 Å². The Morgan fingerprint density at radius 3 is 2.57 bits per heavy atom. The summed E-state index contributed by atoms with van der Waals surface area (Å²) in [5.74, 6) is 0. The molecule has 7 nitrogen and oxygen atoms in total. The van der Waals surface area contributed by atoms with Crippen LogP contribution in [0.4, 0.5) is 4.79 Å². The van der Waals surface area contributed by atoms with Gasteiger partial charge in [0.15, 0.2) is 0 Å². The van der Waals surface area contributed by atoms with Gasteiger partial charge >= 0.3 is 6.03 Å². The third kappa shape index (κ3) is 3.34. The van der Waals surface area contributed by atoms with Crippen molar-refractivity contribution in [1.82, 2.24) is 14.5 Å². The Labute approximate surface area is 136 Å². The number of ether oxygens (including phenoxy) is 1. The molecule has 2 aliphatic heterocycles. The Morgan fingerprint density at radius 1 is 1.13 bits per heavy atom. The number of benzene rings is 1. The van der Waals surface area contributed by atoms with Crippen LogP contribution in [0.25, 0.3) is 0 Å². The van der Waals surface area contributed by atoms with Crippen LogP contribution < -0.4 is 4.72 Å². The SMILES string of the molecule is CNS(=O)(=O)c1ccc2c(c1)CN(C(=O)N1CCOCC1)CC2. The summed E-state index contributed by atoms with van der Waals surface area (Å²) >= 11 is 0. The molecule has 2 aliphatic rings. The molecule has 0 aromatic heterocycles.